The van der Waals surface area contributed by atoms with Crippen molar-refractivity contribution >= 4 is 46.9 Å². The number of carbonyl (C=O) groups excluding carboxylic acids is 2. The van der Waals surface area contributed by atoms with E-state index in [0.717, 1.165) is 22.6 Å². The van der Waals surface area contributed by atoms with Crippen LogP contribution in [0, 0.1) is 13.8 Å². The van der Waals surface area contributed by atoms with Crippen LogP contribution in [-0.2, 0) is 9.59 Å². The zero-order valence-electron chi connectivity index (χ0n) is 17.8. The van der Waals surface area contributed by atoms with Crippen molar-refractivity contribution < 1.29 is 14.3 Å². The van der Waals surface area contributed by atoms with Crippen LogP contribution in [0.3, 0.4) is 0 Å². The molecular weight excluding hydrogens is 451 g/mol. The summed E-state index contributed by atoms with van der Waals surface area (Å²) in [7, 11) is 0. The standard InChI is InChI=1S/C23H22Cl2N4O3/c1-4-32-19-8-5-17(6-9-19)27-22(30)23(31)28-26-13-16-11-14(2)29(15(16)3)18-7-10-20(24)21(25)12-18/h5-13H,4H2,1-3H3,(H,27,30)(H,28,31)/b26-13-. The van der Waals surface area contributed by atoms with Crippen LogP contribution < -0.4 is 15.5 Å². The summed E-state index contributed by atoms with van der Waals surface area (Å²) in [5, 5.41) is 7.36. The molecule has 0 aliphatic rings. The minimum Gasteiger partial charge on any atom is -0.494 e. The number of carbonyl (C=O) groups is 2. The Balaban J connectivity index is 1.64. The van der Waals surface area contributed by atoms with Crippen LogP contribution in [0.2, 0.25) is 10.0 Å². The molecule has 0 radical (unpaired) electrons. The van der Waals surface area contributed by atoms with Crippen LogP contribution in [0.15, 0.2) is 53.6 Å². The van der Waals surface area contributed by atoms with Gasteiger partial charge in [-0.25, -0.2) is 5.43 Å². The van der Waals surface area contributed by atoms with E-state index in [1.807, 2.05) is 37.5 Å². The zero-order valence-corrected chi connectivity index (χ0v) is 19.3. The summed E-state index contributed by atoms with van der Waals surface area (Å²) in [5.74, 6) is -1.03. The third-order valence-corrected chi connectivity index (χ3v) is 5.37. The Bertz CT molecular complexity index is 1170. The molecule has 0 fully saturated rings. The van der Waals surface area contributed by atoms with E-state index in [4.69, 9.17) is 27.9 Å². The second-order valence-electron chi connectivity index (χ2n) is 6.87. The van der Waals surface area contributed by atoms with Crippen molar-refractivity contribution in [2.45, 2.75) is 20.8 Å². The van der Waals surface area contributed by atoms with Crippen LogP contribution >= 0.6 is 23.2 Å². The largest absolute Gasteiger partial charge is 0.494 e. The van der Waals surface area contributed by atoms with Crippen LogP contribution in [0.25, 0.3) is 5.69 Å². The summed E-state index contributed by atoms with van der Waals surface area (Å²) in [4.78, 5) is 24.1. The Morgan fingerprint density at radius 1 is 1.03 bits per heavy atom. The zero-order chi connectivity index (χ0) is 23.3. The summed E-state index contributed by atoms with van der Waals surface area (Å²) >= 11 is 12.1. The van der Waals surface area contributed by atoms with Gasteiger partial charge in [0.15, 0.2) is 0 Å². The van der Waals surface area contributed by atoms with Crippen molar-refractivity contribution in [2.24, 2.45) is 5.10 Å². The number of aromatic nitrogens is 1. The van der Waals surface area contributed by atoms with Gasteiger partial charge in [-0.05, 0) is 69.3 Å². The predicted octanol–water partition coefficient (Wildman–Crippen LogP) is 4.89. The van der Waals surface area contributed by atoms with E-state index >= 15 is 0 Å². The number of rotatable bonds is 6. The van der Waals surface area contributed by atoms with E-state index in [9.17, 15) is 9.59 Å². The van der Waals surface area contributed by atoms with Gasteiger partial charge in [-0.1, -0.05) is 23.2 Å². The Kier molecular flexibility index (Phi) is 7.56. The molecule has 3 rings (SSSR count). The highest BCUT2D eigenvalue weighted by atomic mass is 35.5. The number of halogens is 2. The molecule has 2 amide bonds. The molecule has 3 aromatic rings. The number of anilines is 1. The first-order valence-corrected chi connectivity index (χ1v) is 10.6. The Morgan fingerprint density at radius 3 is 2.41 bits per heavy atom. The number of nitrogens with one attached hydrogen (secondary N) is 2. The fourth-order valence-corrected chi connectivity index (χ4v) is 3.43. The van der Waals surface area contributed by atoms with Crippen molar-refractivity contribution in [3.63, 3.8) is 0 Å². The van der Waals surface area contributed by atoms with E-state index in [0.29, 0.717) is 28.1 Å². The molecule has 0 bridgehead atoms. The van der Waals surface area contributed by atoms with E-state index in [1.165, 1.54) is 6.21 Å². The van der Waals surface area contributed by atoms with Crippen molar-refractivity contribution in [1.29, 1.82) is 0 Å². The fraction of sp³-hybridized carbons (Fsp3) is 0.174. The number of nitrogens with zero attached hydrogens (tertiary/aromatic N) is 2. The molecule has 0 atom stereocenters. The van der Waals surface area contributed by atoms with Crippen LogP contribution in [-0.4, -0.2) is 29.2 Å². The molecule has 32 heavy (non-hydrogen) atoms. The van der Waals surface area contributed by atoms with Crippen LogP contribution in [0.1, 0.15) is 23.9 Å². The molecule has 0 saturated carbocycles. The topological polar surface area (TPSA) is 84.7 Å². The average molecular weight is 473 g/mol. The minimum atomic E-state index is -0.881. The van der Waals surface area contributed by atoms with E-state index < -0.39 is 11.8 Å². The van der Waals surface area contributed by atoms with Gasteiger partial charge < -0.3 is 14.6 Å². The van der Waals surface area contributed by atoms with Gasteiger partial charge in [0.2, 0.25) is 0 Å². The highest BCUT2D eigenvalue weighted by Gasteiger charge is 2.14. The molecule has 0 unspecified atom stereocenters. The summed E-state index contributed by atoms with van der Waals surface area (Å²) in [5.41, 5.74) is 6.18. The number of hydrazone groups is 1. The molecule has 1 aromatic heterocycles. The molecule has 2 N–H and O–H groups in total. The lowest BCUT2D eigenvalue weighted by Gasteiger charge is -2.10. The van der Waals surface area contributed by atoms with Gasteiger partial charge in [0.25, 0.3) is 0 Å². The SMILES string of the molecule is CCOc1ccc(NC(=O)C(=O)N/N=C\c2cc(C)n(-c3ccc(Cl)c(Cl)c3)c2C)cc1. The molecule has 9 heteroatoms. The maximum absolute atomic E-state index is 12.1. The van der Waals surface area contributed by atoms with Gasteiger partial charge in [0.05, 0.1) is 22.9 Å². The summed E-state index contributed by atoms with van der Waals surface area (Å²) in [6.07, 6.45) is 1.48. The first kappa shape index (κ1) is 23.4. The number of hydrogen-bond acceptors (Lipinski definition) is 4. The molecule has 0 aliphatic heterocycles. The Morgan fingerprint density at radius 2 is 1.75 bits per heavy atom. The van der Waals surface area contributed by atoms with Crippen molar-refractivity contribution in [1.82, 2.24) is 9.99 Å². The van der Waals surface area contributed by atoms with E-state index in [1.54, 1.807) is 36.4 Å². The first-order chi connectivity index (χ1) is 15.3. The number of amides is 2. The summed E-state index contributed by atoms with van der Waals surface area (Å²) in [6, 6.07) is 14.0. The summed E-state index contributed by atoms with van der Waals surface area (Å²) < 4.78 is 7.33. The Labute approximate surface area is 196 Å². The maximum Gasteiger partial charge on any atom is 0.329 e. The second-order valence-corrected chi connectivity index (χ2v) is 7.69. The van der Waals surface area contributed by atoms with E-state index in [2.05, 4.69) is 15.8 Å². The Hall–Kier alpha value is -3.29. The molecule has 7 nitrogen and oxygen atoms in total. The van der Waals surface area contributed by atoms with Gasteiger partial charge in [-0.3, -0.25) is 9.59 Å². The molecular formula is C23H22Cl2N4O3. The third-order valence-electron chi connectivity index (χ3n) is 4.63. The molecule has 0 spiro atoms. The van der Waals surface area contributed by atoms with Gasteiger partial charge in [0.1, 0.15) is 5.75 Å². The second kappa shape index (κ2) is 10.3. The van der Waals surface area contributed by atoms with Gasteiger partial charge in [-0.2, -0.15) is 5.10 Å². The molecule has 2 aromatic carbocycles. The smallest absolute Gasteiger partial charge is 0.329 e. The van der Waals surface area contributed by atoms with Crippen LogP contribution in [0.4, 0.5) is 5.69 Å². The van der Waals surface area contributed by atoms with E-state index in [-0.39, 0.29) is 0 Å². The molecule has 166 valence electrons. The van der Waals surface area contributed by atoms with Crippen molar-refractivity contribution in [3.8, 4) is 11.4 Å². The quantitative estimate of drug-likeness (QED) is 0.304. The highest BCUT2D eigenvalue weighted by Crippen LogP contribution is 2.27. The number of benzene rings is 2. The first-order valence-electron chi connectivity index (χ1n) is 9.81. The van der Waals surface area contributed by atoms with Gasteiger partial charge in [0, 0.05) is 28.3 Å². The molecule has 0 saturated heterocycles. The lowest BCUT2D eigenvalue weighted by atomic mass is 10.2. The number of ether oxygens (including phenoxy) is 1. The predicted molar refractivity (Wildman–Crippen MR) is 127 cm³/mol. The lowest BCUT2D eigenvalue weighted by molar-refractivity contribution is -0.136. The third kappa shape index (κ3) is 5.49. The van der Waals surface area contributed by atoms with Crippen molar-refractivity contribution in [2.75, 3.05) is 11.9 Å². The maximum atomic E-state index is 12.1. The van der Waals surface area contributed by atoms with Crippen LogP contribution in [0.5, 0.6) is 5.75 Å². The minimum absolute atomic E-state index is 0.456. The van der Waals surface area contributed by atoms with Gasteiger partial charge >= 0.3 is 11.8 Å². The lowest BCUT2D eigenvalue weighted by Crippen LogP contribution is -2.32. The highest BCUT2D eigenvalue weighted by molar-refractivity contribution is 6.42. The normalized spacial score (nSPS) is 10.9. The monoisotopic (exact) mass is 472 g/mol. The molecule has 0 aliphatic carbocycles. The van der Waals surface area contributed by atoms with Gasteiger partial charge in [-0.15, -0.1) is 0 Å². The number of aryl methyl sites for hydroxylation is 1. The number of hydrogen-bond donors (Lipinski definition) is 2. The fourth-order valence-electron chi connectivity index (χ4n) is 3.14. The van der Waals surface area contributed by atoms with Crippen molar-refractivity contribution in [3.05, 3.63) is 75.5 Å². The summed E-state index contributed by atoms with van der Waals surface area (Å²) in [6.45, 7) is 6.28. The average Bonchev–Trinajstić information content (AvgIpc) is 3.04. The molecule has 1 heterocycles.